The zero-order chi connectivity index (χ0) is 65.6. The number of aliphatic hydroxyl groups excluding tert-OH is 1. The van der Waals surface area contributed by atoms with Crippen molar-refractivity contribution in [2.45, 2.75) is 205 Å². The molecule has 0 bridgehead atoms. The Labute approximate surface area is 510 Å². The van der Waals surface area contributed by atoms with Crippen LogP contribution in [0.4, 0.5) is 0 Å². The van der Waals surface area contributed by atoms with Crippen LogP contribution in [0.3, 0.4) is 0 Å². The van der Waals surface area contributed by atoms with E-state index in [2.05, 4.69) is 67.0 Å². The van der Waals surface area contributed by atoms with Crippen LogP contribution in [-0.2, 0) is 71.9 Å². The number of carbonyl (C=O) groups is 15. The van der Waals surface area contributed by atoms with Gasteiger partial charge in [0, 0.05) is 19.6 Å². The highest BCUT2D eigenvalue weighted by Crippen LogP contribution is 2.23. The van der Waals surface area contributed by atoms with E-state index in [1.165, 1.54) is 24.2 Å². The smallest absolute Gasteiger partial charge is 0.305 e. The zero-order valence-electron chi connectivity index (χ0n) is 50.8. The number of rotatable bonds is 23. The summed E-state index contributed by atoms with van der Waals surface area (Å²) in [7, 11) is 0. The maximum Gasteiger partial charge on any atom is 0.305 e. The zero-order valence-corrected chi connectivity index (χ0v) is 50.8. The van der Waals surface area contributed by atoms with Gasteiger partial charge in [0.1, 0.15) is 48.3 Å². The van der Waals surface area contributed by atoms with E-state index in [1.54, 1.807) is 19.9 Å². The number of hydrogen-bond acceptors (Lipinski definition) is 16. The van der Waals surface area contributed by atoms with E-state index in [1.807, 2.05) is 0 Å². The molecule has 0 aliphatic carbocycles. The van der Waals surface area contributed by atoms with Crippen molar-refractivity contribution in [1.82, 2.24) is 63.0 Å². The average Bonchev–Trinajstić information content (AvgIpc) is 4.14. The fourth-order valence-corrected chi connectivity index (χ4v) is 10.1. The second kappa shape index (κ2) is 38.1. The van der Waals surface area contributed by atoms with Crippen LogP contribution in [0.5, 0.6) is 0 Å². The number of carboxylic acids is 3. The highest BCUT2D eigenvalue weighted by Gasteiger charge is 2.43. The summed E-state index contributed by atoms with van der Waals surface area (Å²) in [5.41, 5.74) is 0. The quantitative estimate of drug-likeness (QED) is 0.0366. The van der Waals surface area contributed by atoms with Crippen molar-refractivity contribution in [2.24, 2.45) is 11.8 Å². The van der Waals surface area contributed by atoms with Crippen LogP contribution < -0.4 is 53.2 Å². The molecule has 0 spiro atoms. The van der Waals surface area contributed by atoms with Crippen molar-refractivity contribution in [3.63, 3.8) is 0 Å². The maximum absolute atomic E-state index is 14.8. The molecule has 3 saturated heterocycles. The summed E-state index contributed by atoms with van der Waals surface area (Å²) in [5, 5.41) is 62.4. The van der Waals surface area contributed by atoms with E-state index in [0.29, 0.717) is 25.2 Å². The number of aliphatic carboxylic acids is 3. The molecule has 0 unspecified atom stereocenters. The highest BCUT2D eigenvalue weighted by atomic mass is 16.4. The third kappa shape index (κ3) is 26.0. The lowest BCUT2D eigenvalue weighted by Crippen LogP contribution is -2.63. The van der Waals surface area contributed by atoms with Crippen molar-refractivity contribution in [2.75, 3.05) is 39.3 Å². The van der Waals surface area contributed by atoms with Crippen molar-refractivity contribution in [3.05, 3.63) is 12.2 Å². The van der Waals surface area contributed by atoms with Gasteiger partial charge in [0.15, 0.2) is 0 Å². The van der Waals surface area contributed by atoms with Gasteiger partial charge in [-0.05, 0) is 69.8 Å². The molecule has 31 heteroatoms. The molecule has 10 atom stereocenters. The van der Waals surface area contributed by atoms with Crippen LogP contribution >= 0.6 is 0 Å². The molecule has 492 valence electrons. The van der Waals surface area contributed by atoms with Gasteiger partial charge in [-0.3, -0.25) is 71.9 Å². The molecule has 12 amide bonds. The van der Waals surface area contributed by atoms with Crippen molar-refractivity contribution < 1.29 is 92.3 Å². The second-order valence-corrected chi connectivity index (χ2v) is 22.8. The Kier molecular flexibility index (Phi) is 32.1. The molecule has 0 radical (unpaired) electrons. The summed E-state index contributed by atoms with van der Waals surface area (Å²) in [4.78, 5) is 202. The molecule has 3 heterocycles. The summed E-state index contributed by atoms with van der Waals surface area (Å²) in [6.45, 7) is 5.06. The summed E-state index contributed by atoms with van der Waals surface area (Å²) >= 11 is 0. The van der Waals surface area contributed by atoms with Gasteiger partial charge in [0.05, 0.1) is 45.0 Å². The second-order valence-electron chi connectivity index (χ2n) is 22.8. The predicted octanol–water partition coefficient (Wildman–Crippen LogP) is -2.68. The van der Waals surface area contributed by atoms with E-state index < -0.39 is 195 Å². The lowest BCUT2D eigenvalue weighted by atomic mass is 9.96. The number of allylic oxidation sites excluding steroid dienone is 1. The number of carboxylic acid groups (broad SMARTS) is 3. The van der Waals surface area contributed by atoms with E-state index in [9.17, 15) is 92.3 Å². The molecular weight excluding hydrogens is 1160 g/mol. The van der Waals surface area contributed by atoms with E-state index in [0.717, 1.165) is 50.0 Å². The Morgan fingerprint density at radius 2 is 1.08 bits per heavy atom. The number of unbranched alkanes of at least 4 members (excludes halogenated alkanes) is 7. The molecule has 14 N–H and O–H groups in total. The largest absolute Gasteiger partial charge is 0.481 e. The van der Waals surface area contributed by atoms with Gasteiger partial charge in [-0.2, -0.15) is 0 Å². The minimum absolute atomic E-state index is 0.0161. The van der Waals surface area contributed by atoms with Crippen LogP contribution in [0.15, 0.2) is 12.2 Å². The van der Waals surface area contributed by atoms with Gasteiger partial charge in [0.25, 0.3) is 0 Å². The van der Waals surface area contributed by atoms with Gasteiger partial charge in [-0.25, -0.2) is 0 Å². The first-order chi connectivity index (χ1) is 41.6. The fraction of sp³-hybridized carbons (Fsp3) is 0.702. The summed E-state index contributed by atoms with van der Waals surface area (Å²) in [6.07, 6.45) is 8.26. The SMILES string of the molecule is CC[C@@H](C)[C@H]1NC(=O)[C@H]([C@@H](C)O)NC(=O)CNC(=O)[C@H](CC(=O)O)NC(=O)CNC(=O)[C@H](CC(=O)O)NC(=O)CNC(=O)[C@@H]2CCCCN2C(=O)[C@@H](NC(=O)[C@H](CC(=O)O)NC(=O)/C=C/CCCCCCCCCC(C)C)CNC(=O)[C@@H]2CCCN2C1=O. The first kappa shape index (κ1) is 74.0. The summed E-state index contributed by atoms with van der Waals surface area (Å²) in [6, 6.07) is -13.2. The molecule has 3 fully saturated rings. The number of aliphatic hydroxyl groups is 1. The van der Waals surface area contributed by atoms with Crippen LogP contribution in [0.25, 0.3) is 0 Å². The third-order valence-corrected chi connectivity index (χ3v) is 15.1. The molecule has 88 heavy (non-hydrogen) atoms. The van der Waals surface area contributed by atoms with Gasteiger partial charge in [-0.1, -0.05) is 85.1 Å². The number of nitrogens with one attached hydrogen (secondary N) is 10. The first-order valence-corrected chi connectivity index (χ1v) is 30.1. The molecule has 0 aromatic carbocycles. The highest BCUT2D eigenvalue weighted by molar-refractivity contribution is 6.00. The van der Waals surface area contributed by atoms with Crippen LogP contribution in [0, 0.1) is 11.8 Å². The van der Waals surface area contributed by atoms with Crippen LogP contribution in [-0.4, -0.2) is 213 Å². The predicted molar refractivity (Wildman–Crippen MR) is 311 cm³/mol. The molecule has 3 aliphatic rings. The number of hydrogen-bond donors (Lipinski definition) is 14. The molecule has 31 nitrogen and oxygen atoms in total. The normalized spacial score (nSPS) is 24.1. The lowest BCUT2D eigenvalue weighted by Gasteiger charge is -2.37. The Balaban J connectivity index is 2.02. The van der Waals surface area contributed by atoms with Gasteiger partial charge >= 0.3 is 17.9 Å². The topological polar surface area (TPSA) is 464 Å². The van der Waals surface area contributed by atoms with Gasteiger partial charge < -0.3 is 83.4 Å². The molecule has 3 aliphatic heterocycles. The monoisotopic (exact) mass is 1250 g/mol. The molecule has 0 aromatic rings. The number of amides is 12. The minimum Gasteiger partial charge on any atom is -0.481 e. The Bertz CT molecular complexity index is 2530. The number of carbonyl (C=O) groups excluding carboxylic acids is 12. The number of piperidine rings is 1. The first-order valence-electron chi connectivity index (χ1n) is 30.1. The lowest BCUT2D eigenvalue weighted by molar-refractivity contribution is -0.146. The molecule has 3 rings (SSSR count). The van der Waals surface area contributed by atoms with Crippen molar-refractivity contribution in [1.29, 1.82) is 0 Å². The van der Waals surface area contributed by atoms with Crippen LogP contribution in [0.2, 0.25) is 0 Å². The molecular formula is C57H90N12O19. The average molecular weight is 1250 g/mol. The maximum atomic E-state index is 14.8. The van der Waals surface area contributed by atoms with Gasteiger partial charge in [0.2, 0.25) is 70.9 Å². The Hall–Kier alpha value is -8.25. The Morgan fingerprint density at radius 3 is 1.61 bits per heavy atom. The van der Waals surface area contributed by atoms with Crippen molar-refractivity contribution in [3.8, 4) is 0 Å². The van der Waals surface area contributed by atoms with E-state index in [-0.39, 0.29) is 38.8 Å². The van der Waals surface area contributed by atoms with Gasteiger partial charge in [-0.15, -0.1) is 0 Å². The standard InChI is InChI=1S/C57H90N12O19/c1-6-33(4)48-57(88)69-24-18-21-40(69)53(84)58-28-38(65-52(83)37(27-47(79)80)62-41(71)22-15-13-11-9-7-8-10-12-14-19-32(2)3)56(87)68-23-17-16-20-39(68)54(85)61-30-43(73)64-35(25-45(75)76)50(81)59-29-42(72)63-36(26-46(77)78)51(82)60-31-44(74)66-49(34(5)70)55(86)67-48/h15,22,32-40,48-49,70H,6-14,16-21,23-31H2,1-5H3,(H,58,84)(H,59,81)(H,60,82)(H,61,85)(H,62,71)(H,63,72)(H,64,73)(H,65,83)(H,66,74)(H,67,86)(H,75,76)(H,77,78)(H,79,80)/b22-15+/t33-,34-,35+,36+,37+,38+,39+,40+,48-,49+/m1/s1. The number of nitrogens with zero attached hydrogens (tertiary/aromatic N) is 2. The number of fused-ring (bicyclic) bond motifs is 2. The van der Waals surface area contributed by atoms with E-state index in [4.69, 9.17) is 0 Å². The molecule has 0 aromatic heterocycles. The fourth-order valence-electron chi connectivity index (χ4n) is 10.1. The van der Waals surface area contributed by atoms with E-state index >= 15 is 0 Å². The third-order valence-electron chi connectivity index (χ3n) is 15.1. The summed E-state index contributed by atoms with van der Waals surface area (Å²) in [5.74, 6) is -17.2. The van der Waals surface area contributed by atoms with Crippen molar-refractivity contribution >= 4 is 88.8 Å². The van der Waals surface area contributed by atoms with Crippen LogP contribution in [0.1, 0.15) is 150 Å². The molecule has 0 saturated carbocycles. The minimum atomic E-state index is -1.90. The Morgan fingerprint density at radius 1 is 0.580 bits per heavy atom. The summed E-state index contributed by atoms with van der Waals surface area (Å²) < 4.78 is 0.